The van der Waals surface area contributed by atoms with Gasteiger partial charge in [0.15, 0.2) is 11.4 Å². The first-order valence-corrected chi connectivity index (χ1v) is 3.73. The minimum atomic E-state index is 0.222. The molecule has 66 valence electrons. The molecule has 0 unspecified atom stereocenters. The van der Waals surface area contributed by atoms with Gasteiger partial charge in [-0.3, -0.25) is 4.79 Å². The number of aromatic nitrogens is 2. The lowest BCUT2D eigenvalue weighted by molar-refractivity contribution is 0.111. The zero-order chi connectivity index (χ0) is 9.14. The van der Waals surface area contributed by atoms with Gasteiger partial charge in [0.2, 0.25) is 0 Å². The number of imidazole rings is 1. The lowest BCUT2D eigenvalue weighted by Crippen LogP contribution is -2.02. The average Bonchev–Trinajstić information content (AvgIpc) is 2.29. The van der Waals surface area contributed by atoms with Crippen molar-refractivity contribution in [1.82, 2.24) is 9.55 Å². The molecule has 1 rings (SSSR count). The second-order valence-corrected chi connectivity index (χ2v) is 2.67. The molecule has 1 aromatic heterocycles. The number of carbonyl (C=O) groups is 1. The molecule has 0 spiro atoms. The number of halogens is 1. The number of ether oxygens (including phenoxy) is 1. The summed E-state index contributed by atoms with van der Waals surface area (Å²) in [6.45, 7) is 0.351. The Bertz CT molecular complexity index is 296. The molecule has 0 saturated heterocycles. The molecule has 5 heteroatoms. The van der Waals surface area contributed by atoms with Crippen molar-refractivity contribution in [3.05, 3.63) is 16.7 Å². The molecule has 0 aliphatic rings. The Balaban J connectivity index is 3.08. The molecule has 1 heterocycles. The molecule has 0 fully saturated rings. The summed E-state index contributed by atoms with van der Waals surface area (Å²) in [5.74, 6) is 0.643. The SMILES string of the molecule is COCc1nc(Cl)c(C=O)n1C. The third kappa shape index (κ3) is 1.49. The van der Waals surface area contributed by atoms with Crippen molar-refractivity contribution in [2.45, 2.75) is 6.61 Å². The summed E-state index contributed by atoms with van der Waals surface area (Å²) in [6, 6.07) is 0. The van der Waals surface area contributed by atoms with Crippen LogP contribution in [-0.4, -0.2) is 22.9 Å². The van der Waals surface area contributed by atoms with Gasteiger partial charge in [0.1, 0.15) is 18.1 Å². The smallest absolute Gasteiger partial charge is 0.169 e. The quantitative estimate of drug-likeness (QED) is 0.666. The van der Waals surface area contributed by atoms with Crippen LogP contribution in [0.1, 0.15) is 16.3 Å². The van der Waals surface area contributed by atoms with E-state index in [0.29, 0.717) is 24.4 Å². The van der Waals surface area contributed by atoms with Gasteiger partial charge in [-0.15, -0.1) is 0 Å². The highest BCUT2D eigenvalue weighted by atomic mass is 35.5. The zero-order valence-electron chi connectivity index (χ0n) is 6.87. The van der Waals surface area contributed by atoms with Crippen molar-refractivity contribution in [2.75, 3.05) is 7.11 Å². The Hall–Kier alpha value is -0.870. The topological polar surface area (TPSA) is 44.1 Å². The van der Waals surface area contributed by atoms with E-state index in [-0.39, 0.29) is 5.15 Å². The molecular formula is C7H9ClN2O2. The van der Waals surface area contributed by atoms with E-state index >= 15 is 0 Å². The summed E-state index contributed by atoms with van der Waals surface area (Å²) in [6.07, 6.45) is 0.675. The van der Waals surface area contributed by atoms with Crippen LogP contribution in [-0.2, 0) is 18.4 Å². The summed E-state index contributed by atoms with van der Waals surface area (Å²) >= 11 is 5.67. The van der Waals surface area contributed by atoms with Gasteiger partial charge in [0.25, 0.3) is 0 Å². The van der Waals surface area contributed by atoms with Crippen LogP contribution >= 0.6 is 11.6 Å². The molecule has 0 aliphatic heterocycles. The van der Waals surface area contributed by atoms with Gasteiger partial charge >= 0.3 is 0 Å². The number of carbonyl (C=O) groups excluding carboxylic acids is 1. The standard InChI is InChI=1S/C7H9ClN2O2/c1-10-5(3-11)7(8)9-6(10)4-12-2/h3H,4H2,1-2H3. The second-order valence-electron chi connectivity index (χ2n) is 2.31. The molecule has 0 aromatic carbocycles. The van der Waals surface area contributed by atoms with Crippen molar-refractivity contribution in [1.29, 1.82) is 0 Å². The van der Waals surface area contributed by atoms with Crippen LogP contribution in [0.5, 0.6) is 0 Å². The van der Waals surface area contributed by atoms with E-state index < -0.39 is 0 Å². The van der Waals surface area contributed by atoms with Gasteiger partial charge in [-0.05, 0) is 0 Å². The Kier molecular flexibility index (Phi) is 2.83. The molecule has 0 radical (unpaired) electrons. The van der Waals surface area contributed by atoms with Crippen LogP contribution in [0.3, 0.4) is 0 Å². The van der Waals surface area contributed by atoms with Crippen LogP contribution in [0, 0.1) is 0 Å². The average molecular weight is 189 g/mol. The predicted octanol–water partition coefficient (Wildman–Crippen LogP) is 1.03. The normalized spacial score (nSPS) is 10.2. The van der Waals surface area contributed by atoms with E-state index in [0.717, 1.165) is 0 Å². The van der Waals surface area contributed by atoms with Crippen molar-refractivity contribution >= 4 is 17.9 Å². The van der Waals surface area contributed by atoms with Gasteiger partial charge < -0.3 is 9.30 Å². The summed E-state index contributed by atoms with van der Waals surface area (Å²) in [5, 5.41) is 0.222. The minimum absolute atomic E-state index is 0.222. The van der Waals surface area contributed by atoms with Crippen molar-refractivity contribution < 1.29 is 9.53 Å². The summed E-state index contributed by atoms with van der Waals surface area (Å²) in [7, 11) is 3.28. The van der Waals surface area contributed by atoms with Gasteiger partial charge in [-0.1, -0.05) is 11.6 Å². The number of hydrogen-bond donors (Lipinski definition) is 0. The highest BCUT2D eigenvalue weighted by molar-refractivity contribution is 6.31. The third-order valence-corrected chi connectivity index (χ3v) is 1.85. The third-order valence-electron chi connectivity index (χ3n) is 1.57. The van der Waals surface area contributed by atoms with Crippen LogP contribution < -0.4 is 0 Å². The molecule has 0 aliphatic carbocycles. The van der Waals surface area contributed by atoms with Crippen LogP contribution in [0.25, 0.3) is 0 Å². The summed E-state index contributed by atoms with van der Waals surface area (Å²) < 4.78 is 6.47. The largest absolute Gasteiger partial charge is 0.377 e. The first kappa shape index (κ1) is 9.22. The number of hydrogen-bond acceptors (Lipinski definition) is 3. The second kappa shape index (κ2) is 3.69. The van der Waals surface area contributed by atoms with E-state index in [4.69, 9.17) is 16.3 Å². The zero-order valence-corrected chi connectivity index (χ0v) is 7.63. The minimum Gasteiger partial charge on any atom is -0.377 e. The Labute approximate surface area is 75.1 Å². The predicted molar refractivity (Wildman–Crippen MR) is 44.3 cm³/mol. The lowest BCUT2D eigenvalue weighted by Gasteiger charge is -1.99. The van der Waals surface area contributed by atoms with Gasteiger partial charge in [0, 0.05) is 14.2 Å². The van der Waals surface area contributed by atoms with Crippen molar-refractivity contribution in [3.8, 4) is 0 Å². The van der Waals surface area contributed by atoms with E-state index in [1.54, 1.807) is 18.7 Å². The molecule has 1 aromatic rings. The first-order chi connectivity index (χ1) is 5.70. The van der Waals surface area contributed by atoms with Crippen LogP contribution in [0.2, 0.25) is 5.15 Å². The monoisotopic (exact) mass is 188 g/mol. The lowest BCUT2D eigenvalue weighted by atomic mass is 10.5. The molecule has 0 amide bonds. The van der Waals surface area contributed by atoms with E-state index in [1.165, 1.54) is 0 Å². The van der Waals surface area contributed by atoms with Gasteiger partial charge in [0.05, 0.1) is 0 Å². The maximum absolute atomic E-state index is 10.5. The Morgan fingerprint density at radius 2 is 2.42 bits per heavy atom. The maximum Gasteiger partial charge on any atom is 0.169 e. The van der Waals surface area contributed by atoms with E-state index in [9.17, 15) is 4.79 Å². The highest BCUT2D eigenvalue weighted by Crippen LogP contribution is 2.14. The number of nitrogens with zero attached hydrogens (tertiary/aromatic N) is 2. The summed E-state index contributed by atoms with van der Waals surface area (Å²) in [4.78, 5) is 14.4. The first-order valence-electron chi connectivity index (χ1n) is 3.36. The Morgan fingerprint density at radius 3 is 2.83 bits per heavy atom. The Morgan fingerprint density at radius 1 is 1.75 bits per heavy atom. The van der Waals surface area contributed by atoms with E-state index in [1.807, 2.05) is 0 Å². The number of aldehydes is 1. The number of rotatable bonds is 3. The molecule has 0 bridgehead atoms. The molecule has 0 N–H and O–H groups in total. The van der Waals surface area contributed by atoms with Crippen LogP contribution in [0.15, 0.2) is 0 Å². The van der Waals surface area contributed by atoms with Crippen molar-refractivity contribution in [3.63, 3.8) is 0 Å². The van der Waals surface area contributed by atoms with E-state index in [2.05, 4.69) is 4.98 Å². The highest BCUT2D eigenvalue weighted by Gasteiger charge is 2.10. The van der Waals surface area contributed by atoms with Crippen LogP contribution in [0.4, 0.5) is 0 Å². The number of methoxy groups -OCH3 is 1. The van der Waals surface area contributed by atoms with Gasteiger partial charge in [-0.25, -0.2) is 4.98 Å². The summed E-state index contributed by atoms with van der Waals surface area (Å²) in [5.41, 5.74) is 0.378. The fourth-order valence-corrected chi connectivity index (χ4v) is 1.18. The van der Waals surface area contributed by atoms with Gasteiger partial charge in [-0.2, -0.15) is 0 Å². The fourth-order valence-electron chi connectivity index (χ4n) is 0.909. The fraction of sp³-hybridized carbons (Fsp3) is 0.429. The molecule has 0 saturated carbocycles. The maximum atomic E-state index is 10.5. The molecule has 12 heavy (non-hydrogen) atoms. The molecule has 4 nitrogen and oxygen atoms in total. The molecular weight excluding hydrogens is 180 g/mol. The molecule has 0 atom stereocenters. The van der Waals surface area contributed by atoms with Crippen molar-refractivity contribution in [2.24, 2.45) is 7.05 Å².